The van der Waals surface area contributed by atoms with Gasteiger partial charge in [-0.25, -0.2) is 9.97 Å². The highest BCUT2D eigenvalue weighted by Crippen LogP contribution is 2.24. The van der Waals surface area contributed by atoms with Gasteiger partial charge in [-0.1, -0.05) is 5.16 Å². The van der Waals surface area contributed by atoms with Crippen LogP contribution in [0.25, 0.3) is 0 Å². The molecule has 0 saturated heterocycles. The fourth-order valence-corrected chi connectivity index (χ4v) is 1.57. The van der Waals surface area contributed by atoms with Gasteiger partial charge in [0.25, 0.3) is 0 Å². The number of hydrogen-bond donors (Lipinski definition) is 2. The molecule has 0 aromatic carbocycles. The Labute approximate surface area is 105 Å². The highest BCUT2D eigenvalue weighted by molar-refractivity contribution is 5.94. The molecule has 1 aliphatic carbocycles. The predicted octanol–water partition coefficient (Wildman–Crippen LogP) is 0.0441. The molecule has 0 unspecified atom stereocenters. The molecule has 0 spiro atoms. The van der Waals surface area contributed by atoms with Crippen LogP contribution in [0.4, 0.5) is 0 Å². The van der Waals surface area contributed by atoms with E-state index >= 15 is 0 Å². The van der Waals surface area contributed by atoms with E-state index in [9.17, 15) is 0 Å². The summed E-state index contributed by atoms with van der Waals surface area (Å²) in [5.41, 5.74) is 5.69. The fourth-order valence-electron chi connectivity index (χ4n) is 1.57. The van der Waals surface area contributed by atoms with Gasteiger partial charge < -0.3 is 20.6 Å². The lowest BCUT2D eigenvalue weighted by atomic mass is 10.4. The zero-order chi connectivity index (χ0) is 13.0. The molecule has 7 nitrogen and oxygen atoms in total. The lowest BCUT2D eigenvalue weighted by Crippen LogP contribution is -2.26. The lowest BCUT2D eigenvalue weighted by Gasteiger charge is -2.15. The van der Waals surface area contributed by atoms with Crippen molar-refractivity contribution in [3.8, 4) is 5.88 Å². The maximum atomic E-state index is 8.48. The van der Waals surface area contributed by atoms with Crippen LogP contribution in [0.3, 0.4) is 0 Å². The van der Waals surface area contributed by atoms with Crippen LogP contribution < -0.4 is 10.5 Å². The van der Waals surface area contributed by atoms with Crippen molar-refractivity contribution < 1.29 is 9.94 Å². The van der Waals surface area contributed by atoms with Crippen LogP contribution in [0.1, 0.15) is 18.5 Å². The molecule has 1 saturated carbocycles. The number of ether oxygens (including phenoxy) is 1. The SMILES string of the molecule is CN(CCOc1cnc(C(N)=NO)cn1)C1CC1. The molecular weight excluding hydrogens is 234 g/mol. The van der Waals surface area contributed by atoms with Gasteiger partial charge in [0.05, 0.1) is 12.4 Å². The van der Waals surface area contributed by atoms with Crippen LogP contribution in [-0.4, -0.2) is 52.2 Å². The summed E-state index contributed by atoms with van der Waals surface area (Å²) in [4.78, 5) is 10.3. The molecule has 0 radical (unpaired) electrons. The van der Waals surface area contributed by atoms with E-state index in [0.29, 0.717) is 18.2 Å². The Morgan fingerprint density at radius 1 is 1.56 bits per heavy atom. The van der Waals surface area contributed by atoms with Crippen LogP contribution in [-0.2, 0) is 0 Å². The number of oxime groups is 1. The van der Waals surface area contributed by atoms with Gasteiger partial charge in [0, 0.05) is 12.6 Å². The maximum absolute atomic E-state index is 8.48. The minimum atomic E-state index is -0.0671. The van der Waals surface area contributed by atoms with Crippen LogP contribution >= 0.6 is 0 Å². The molecular formula is C11H17N5O2. The molecule has 1 aromatic rings. The van der Waals surface area contributed by atoms with Gasteiger partial charge >= 0.3 is 0 Å². The molecule has 0 bridgehead atoms. The minimum absolute atomic E-state index is 0.0671. The summed E-state index contributed by atoms with van der Waals surface area (Å²) in [6.45, 7) is 1.44. The third kappa shape index (κ3) is 3.30. The average molecular weight is 251 g/mol. The van der Waals surface area contributed by atoms with E-state index in [1.54, 1.807) is 0 Å². The van der Waals surface area contributed by atoms with Gasteiger partial charge in [-0.15, -0.1) is 0 Å². The largest absolute Gasteiger partial charge is 0.475 e. The average Bonchev–Trinajstić information content (AvgIpc) is 3.23. The zero-order valence-electron chi connectivity index (χ0n) is 10.3. The van der Waals surface area contributed by atoms with Crippen molar-refractivity contribution in [1.29, 1.82) is 0 Å². The van der Waals surface area contributed by atoms with E-state index in [-0.39, 0.29) is 5.84 Å². The Morgan fingerprint density at radius 3 is 2.89 bits per heavy atom. The molecule has 1 aliphatic rings. The summed E-state index contributed by atoms with van der Waals surface area (Å²) in [5.74, 6) is 0.371. The Bertz CT molecular complexity index is 416. The monoisotopic (exact) mass is 251 g/mol. The second-order valence-corrected chi connectivity index (χ2v) is 4.29. The Kier molecular flexibility index (Phi) is 3.93. The molecule has 7 heteroatoms. The number of likely N-dealkylation sites (N-methyl/N-ethyl adjacent to an activating group) is 1. The zero-order valence-corrected chi connectivity index (χ0v) is 10.3. The van der Waals surface area contributed by atoms with Crippen LogP contribution in [0.2, 0.25) is 0 Å². The van der Waals surface area contributed by atoms with Crippen molar-refractivity contribution >= 4 is 5.84 Å². The molecule has 1 heterocycles. The first-order valence-electron chi connectivity index (χ1n) is 5.83. The third-order valence-electron chi connectivity index (χ3n) is 2.86. The van der Waals surface area contributed by atoms with Crippen molar-refractivity contribution in [3.05, 3.63) is 18.1 Å². The van der Waals surface area contributed by atoms with E-state index in [1.165, 1.54) is 25.2 Å². The Balaban J connectivity index is 1.79. The van der Waals surface area contributed by atoms with Gasteiger partial charge in [-0.2, -0.15) is 0 Å². The van der Waals surface area contributed by atoms with Gasteiger partial charge in [0.15, 0.2) is 5.84 Å². The third-order valence-corrected chi connectivity index (χ3v) is 2.86. The quantitative estimate of drug-likeness (QED) is 0.321. The number of aromatic nitrogens is 2. The molecule has 0 aliphatic heterocycles. The normalized spacial score (nSPS) is 16.0. The number of nitrogens with two attached hydrogens (primary N) is 1. The van der Waals surface area contributed by atoms with Crippen molar-refractivity contribution in [2.75, 3.05) is 20.2 Å². The van der Waals surface area contributed by atoms with E-state index in [2.05, 4.69) is 27.1 Å². The van der Waals surface area contributed by atoms with Gasteiger partial charge in [0.1, 0.15) is 12.3 Å². The first-order chi connectivity index (χ1) is 8.70. The van der Waals surface area contributed by atoms with Crippen LogP contribution in [0.15, 0.2) is 17.5 Å². The first-order valence-corrected chi connectivity index (χ1v) is 5.83. The Hall–Kier alpha value is -1.89. The Morgan fingerprint density at radius 2 is 2.33 bits per heavy atom. The van der Waals surface area contributed by atoms with E-state index < -0.39 is 0 Å². The molecule has 0 atom stereocenters. The van der Waals surface area contributed by atoms with Crippen LogP contribution in [0.5, 0.6) is 5.88 Å². The summed E-state index contributed by atoms with van der Waals surface area (Å²) in [5, 5.41) is 11.3. The van der Waals surface area contributed by atoms with Gasteiger partial charge in [0.2, 0.25) is 5.88 Å². The predicted molar refractivity (Wildman–Crippen MR) is 65.7 cm³/mol. The topological polar surface area (TPSA) is 96.9 Å². The molecule has 18 heavy (non-hydrogen) atoms. The maximum Gasteiger partial charge on any atom is 0.232 e. The molecule has 0 amide bonds. The molecule has 1 aromatic heterocycles. The number of amidine groups is 1. The number of rotatable bonds is 6. The van der Waals surface area contributed by atoms with Gasteiger partial charge in [-0.3, -0.25) is 0 Å². The fraction of sp³-hybridized carbons (Fsp3) is 0.545. The molecule has 1 fully saturated rings. The highest BCUT2D eigenvalue weighted by atomic mass is 16.5. The van der Waals surface area contributed by atoms with E-state index in [0.717, 1.165) is 12.6 Å². The lowest BCUT2D eigenvalue weighted by molar-refractivity contribution is 0.226. The van der Waals surface area contributed by atoms with Crippen molar-refractivity contribution in [2.24, 2.45) is 10.9 Å². The summed E-state index contributed by atoms with van der Waals surface area (Å²) >= 11 is 0. The van der Waals surface area contributed by atoms with E-state index in [4.69, 9.17) is 15.7 Å². The summed E-state index contributed by atoms with van der Waals surface area (Å²) in [6, 6.07) is 0.725. The smallest absolute Gasteiger partial charge is 0.232 e. The summed E-state index contributed by atoms with van der Waals surface area (Å²) in [7, 11) is 2.09. The second kappa shape index (κ2) is 5.63. The molecule has 98 valence electrons. The van der Waals surface area contributed by atoms with Crippen molar-refractivity contribution in [2.45, 2.75) is 18.9 Å². The van der Waals surface area contributed by atoms with Gasteiger partial charge in [-0.05, 0) is 19.9 Å². The van der Waals surface area contributed by atoms with Crippen molar-refractivity contribution in [3.63, 3.8) is 0 Å². The standard InChI is InChI=1S/C11H17N5O2/c1-16(8-2-3-8)4-5-18-10-7-13-9(6-14-10)11(12)15-17/h6-8,17H,2-5H2,1H3,(H2,12,15). The summed E-state index contributed by atoms with van der Waals surface area (Å²) in [6.07, 6.45) is 5.44. The number of nitrogens with zero attached hydrogens (tertiary/aromatic N) is 4. The second-order valence-electron chi connectivity index (χ2n) is 4.29. The van der Waals surface area contributed by atoms with Crippen LogP contribution in [0, 0.1) is 0 Å². The summed E-state index contributed by atoms with van der Waals surface area (Å²) < 4.78 is 5.46. The molecule has 3 N–H and O–H groups in total. The highest BCUT2D eigenvalue weighted by Gasteiger charge is 2.25. The minimum Gasteiger partial charge on any atom is -0.475 e. The van der Waals surface area contributed by atoms with Crippen molar-refractivity contribution in [1.82, 2.24) is 14.9 Å². The first kappa shape index (κ1) is 12.6. The molecule has 2 rings (SSSR count). The number of hydrogen-bond acceptors (Lipinski definition) is 6. The van der Waals surface area contributed by atoms with E-state index in [1.807, 2.05) is 0 Å².